The van der Waals surface area contributed by atoms with Gasteiger partial charge in [0.05, 0.1) is 16.6 Å². The minimum Gasteiger partial charge on any atom is -0.389 e. The van der Waals surface area contributed by atoms with E-state index in [0.29, 0.717) is 5.92 Å². The highest BCUT2D eigenvalue weighted by atomic mass is 16.3. The Hall–Kier alpha value is -2.43. The van der Waals surface area contributed by atoms with Crippen LogP contribution in [0, 0.1) is 18.8 Å². The van der Waals surface area contributed by atoms with Crippen molar-refractivity contribution in [2.24, 2.45) is 11.8 Å². The van der Waals surface area contributed by atoms with Crippen molar-refractivity contribution in [1.29, 1.82) is 0 Å². The number of aliphatic hydroxyl groups is 1. The van der Waals surface area contributed by atoms with Gasteiger partial charge in [-0.05, 0) is 87.7 Å². The summed E-state index contributed by atoms with van der Waals surface area (Å²) in [5.41, 5.74) is 5.75. The molecule has 1 fully saturated rings. The zero-order valence-electron chi connectivity index (χ0n) is 19.1. The van der Waals surface area contributed by atoms with E-state index in [1.165, 1.54) is 23.1 Å². The second-order valence-corrected chi connectivity index (χ2v) is 9.84. The summed E-state index contributed by atoms with van der Waals surface area (Å²) in [6, 6.07) is 17.0. The summed E-state index contributed by atoms with van der Waals surface area (Å²) in [5, 5.41) is 15.0. The Kier molecular flexibility index (Phi) is 6.16. The summed E-state index contributed by atoms with van der Waals surface area (Å²) in [7, 11) is 0. The van der Waals surface area contributed by atoms with Crippen molar-refractivity contribution in [2.45, 2.75) is 57.5 Å². The first kappa shape index (κ1) is 21.4. The van der Waals surface area contributed by atoms with Crippen molar-refractivity contribution in [3.8, 4) is 0 Å². The summed E-state index contributed by atoms with van der Waals surface area (Å²) >= 11 is 0. The summed E-state index contributed by atoms with van der Waals surface area (Å²) in [6.45, 7) is 4.04. The third kappa shape index (κ3) is 4.53. The Balaban J connectivity index is 1.06. The SMILES string of the molecule is Cc1cccc(C2=C[C@@H]3CC[C@H]2C[C@]3(O)CCNCCCCc2nc3ccccc3[nH]2)c1. The van der Waals surface area contributed by atoms with Crippen molar-refractivity contribution >= 4 is 16.6 Å². The minimum absolute atomic E-state index is 0.290. The van der Waals surface area contributed by atoms with Crippen LogP contribution in [0.2, 0.25) is 0 Å². The number of nitrogens with zero attached hydrogens (tertiary/aromatic N) is 1. The largest absolute Gasteiger partial charge is 0.389 e. The molecule has 3 aliphatic rings. The molecule has 4 heteroatoms. The number of fused-ring (bicyclic) bond motifs is 3. The number of aromatic amines is 1. The maximum atomic E-state index is 11.4. The van der Waals surface area contributed by atoms with E-state index in [2.05, 4.69) is 64.7 Å². The van der Waals surface area contributed by atoms with Crippen molar-refractivity contribution in [1.82, 2.24) is 15.3 Å². The normalized spacial score (nSPS) is 24.8. The molecule has 3 atom stereocenters. The van der Waals surface area contributed by atoms with Crippen molar-refractivity contribution in [3.63, 3.8) is 0 Å². The number of para-hydroxylation sites is 2. The number of nitrogens with one attached hydrogen (secondary N) is 2. The van der Waals surface area contributed by atoms with E-state index in [0.717, 1.165) is 68.5 Å². The Morgan fingerprint density at radius 1 is 1.09 bits per heavy atom. The first-order valence-electron chi connectivity index (χ1n) is 12.3. The van der Waals surface area contributed by atoms with Gasteiger partial charge in [0.1, 0.15) is 5.82 Å². The van der Waals surface area contributed by atoms with Crippen molar-refractivity contribution in [2.75, 3.05) is 13.1 Å². The molecule has 3 aliphatic carbocycles. The molecule has 3 aromatic rings. The van der Waals surface area contributed by atoms with E-state index >= 15 is 0 Å². The standard InChI is InChI=1S/C28H35N3O/c1-20-7-6-8-21(17-20)24-18-23-13-12-22(24)19-28(23,32)14-16-29-15-5-4-11-27-30-25-9-2-3-10-26(25)31-27/h2-3,6-10,17-18,22-23,29,32H,4-5,11-16,19H2,1H3,(H,30,31)/t22-,23-,28+/m0/s1. The fourth-order valence-electron chi connectivity index (χ4n) is 5.73. The molecule has 1 heterocycles. The molecule has 0 saturated heterocycles. The summed E-state index contributed by atoms with van der Waals surface area (Å²) in [4.78, 5) is 8.07. The molecule has 4 nitrogen and oxygen atoms in total. The van der Waals surface area contributed by atoms with Gasteiger partial charge in [-0.2, -0.15) is 0 Å². The van der Waals surface area contributed by atoms with E-state index in [9.17, 15) is 5.11 Å². The maximum absolute atomic E-state index is 11.4. The molecule has 1 aromatic heterocycles. The smallest absolute Gasteiger partial charge is 0.107 e. The third-order valence-electron chi connectivity index (χ3n) is 7.48. The summed E-state index contributed by atoms with van der Waals surface area (Å²) in [5.74, 6) is 1.86. The first-order chi connectivity index (χ1) is 15.6. The number of unbranched alkanes of at least 4 members (excludes halogenated alkanes) is 1. The lowest BCUT2D eigenvalue weighted by atomic mass is 9.61. The van der Waals surface area contributed by atoms with Crippen LogP contribution < -0.4 is 5.32 Å². The number of benzene rings is 2. The number of aromatic nitrogens is 2. The molecular formula is C28H35N3O. The minimum atomic E-state index is -0.544. The van der Waals surface area contributed by atoms with E-state index in [1.807, 2.05) is 12.1 Å². The topological polar surface area (TPSA) is 60.9 Å². The average molecular weight is 430 g/mol. The molecule has 0 unspecified atom stereocenters. The molecule has 0 spiro atoms. The Labute approximate surface area is 191 Å². The molecule has 2 bridgehead atoms. The number of allylic oxidation sites excluding steroid dienone is 1. The second kappa shape index (κ2) is 9.21. The van der Waals surface area contributed by atoms with Crippen LogP contribution in [0.25, 0.3) is 16.6 Å². The molecular weight excluding hydrogens is 394 g/mol. The van der Waals surface area contributed by atoms with Crippen LogP contribution in [0.5, 0.6) is 0 Å². The molecule has 0 amide bonds. The first-order valence-corrected chi connectivity index (χ1v) is 12.3. The van der Waals surface area contributed by atoms with Crippen molar-refractivity contribution < 1.29 is 5.11 Å². The van der Waals surface area contributed by atoms with Crippen LogP contribution >= 0.6 is 0 Å². The van der Waals surface area contributed by atoms with E-state index in [1.54, 1.807) is 0 Å². The molecule has 0 aliphatic heterocycles. The second-order valence-electron chi connectivity index (χ2n) is 9.84. The summed E-state index contributed by atoms with van der Waals surface area (Å²) in [6.07, 6.45) is 9.69. The van der Waals surface area contributed by atoms with Crippen LogP contribution in [-0.4, -0.2) is 33.8 Å². The Morgan fingerprint density at radius 3 is 2.81 bits per heavy atom. The van der Waals surface area contributed by atoms with Gasteiger partial charge in [-0.25, -0.2) is 4.98 Å². The lowest BCUT2D eigenvalue weighted by Crippen LogP contribution is -2.47. The lowest BCUT2D eigenvalue weighted by Gasteiger charge is -2.48. The molecule has 1 saturated carbocycles. The maximum Gasteiger partial charge on any atom is 0.107 e. The van der Waals surface area contributed by atoms with Gasteiger partial charge >= 0.3 is 0 Å². The van der Waals surface area contributed by atoms with Gasteiger partial charge < -0.3 is 15.4 Å². The zero-order chi connectivity index (χ0) is 22.0. The predicted molar refractivity (Wildman–Crippen MR) is 131 cm³/mol. The highest BCUT2D eigenvalue weighted by Gasteiger charge is 2.45. The Morgan fingerprint density at radius 2 is 2.00 bits per heavy atom. The van der Waals surface area contributed by atoms with E-state index in [-0.39, 0.29) is 5.92 Å². The average Bonchev–Trinajstić information content (AvgIpc) is 3.21. The zero-order valence-corrected chi connectivity index (χ0v) is 19.1. The molecule has 2 aromatic carbocycles. The lowest BCUT2D eigenvalue weighted by molar-refractivity contribution is -0.0524. The predicted octanol–water partition coefficient (Wildman–Crippen LogP) is 5.42. The number of aryl methyl sites for hydroxylation is 2. The number of rotatable bonds is 9. The van der Waals surface area contributed by atoms with Gasteiger partial charge in [0.2, 0.25) is 0 Å². The monoisotopic (exact) mass is 429 g/mol. The van der Waals surface area contributed by atoms with Gasteiger partial charge in [-0.3, -0.25) is 0 Å². The molecule has 0 radical (unpaired) electrons. The molecule has 168 valence electrons. The van der Waals surface area contributed by atoms with Crippen molar-refractivity contribution in [3.05, 3.63) is 71.6 Å². The number of H-pyrrole nitrogens is 1. The number of hydrogen-bond acceptors (Lipinski definition) is 3. The van der Waals surface area contributed by atoms with Gasteiger partial charge in [0.25, 0.3) is 0 Å². The quantitative estimate of drug-likeness (QED) is 0.398. The van der Waals surface area contributed by atoms with E-state index in [4.69, 9.17) is 0 Å². The molecule has 32 heavy (non-hydrogen) atoms. The highest BCUT2D eigenvalue weighted by molar-refractivity contribution is 5.74. The summed E-state index contributed by atoms with van der Waals surface area (Å²) < 4.78 is 0. The fourth-order valence-corrected chi connectivity index (χ4v) is 5.73. The molecule has 6 rings (SSSR count). The van der Waals surface area contributed by atoms with Crippen LogP contribution in [0.3, 0.4) is 0 Å². The van der Waals surface area contributed by atoms with Crippen LogP contribution in [-0.2, 0) is 6.42 Å². The van der Waals surface area contributed by atoms with Crippen LogP contribution in [0.4, 0.5) is 0 Å². The van der Waals surface area contributed by atoms with Gasteiger partial charge in [-0.1, -0.05) is 48.0 Å². The van der Waals surface area contributed by atoms with Crippen LogP contribution in [0.1, 0.15) is 55.5 Å². The van der Waals surface area contributed by atoms with Gasteiger partial charge in [-0.15, -0.1) is 0 Å². The fraction of sp³-hybridized carbons (Fsp3) is 0.464. The van der Waals surface area contributed by atoms with Gasteiger partial charge in [0.15, 0.2) is 0 Å². The highest BCUT2D eigenvalue weighted by Crippen LogP contribution is 2.50. The van der Waals surface area contributed by atoms with Crippen LogP contribution in [0.15, 0.2) is 54.6 Å². The Bertz CT molecular complexity index is 1070. The number of imidazole rings is 1. The molecule has 3 N–H and O–H groups in total. The number of hydrogen-bond donors (Lipinski definition) is 3. The third-order valence-corrected chi connectivity index (χ3v) is 7.48. The van der Waals surface area contributed by atoms with Gasteiger partial charge in [0, 0.05) is 12.3 Å². The van der Waals surface area contributed by atoms with E-state index < -0.39 is 5.60 Å².